The fourth-order valence-electron chi connectivity index (χ4n) is 7.75. The van der Waals surface area contributed by atoms with Crippen molar-refractivity contribution in [2.24, 2.45) is 22.4 Å². The highest BCUT2D eigenvalue weighted by molar-refractivity contribution is 5.98. The summed E-state index contributed by atoms with van der Waals surface area (Å²) in [6.07, 6.45) is 0.546. The first-order chi connectivity index (χ1) is 29.5. The van der Waals surface area contributed by atoms with E-state index in [1.54, 1.807) is 55.7 Å². The van der Waals surface area contributed by atoms with Gasteiger partial charge in [0.15, 0.2) is 11.6 Å². The number of hydrogen-bond donors (Lipinski definition) is 7. The van der Waals surface area contributed by atoms with Crippen LogP contribution in [0.1, 0.15) is 87.6 Å². The third kappa shape index (κ3) is 9.54. The number of ether oxygens (including phenoxy) is 2. The van der Waals surface area contributed by atoms with Gasteiger partial charge in [0.2, 0.25) is 17.7 Å². The average molecular weight is 853 g/mol. The Labute approximate surface area is 357 Å². The number of hydrogen-bond acceptors (Lipinski definition) is 11. The highest BCUT2D eigenvalue weighted by Crippen LogP contribution is 2.41. The quantitative estimate of drug-likeness (QED) is 0.0289. The third-order valence-electron chi connectivity index (χ3n) is 11.2. The fraction of sp³-hybridized carbons (Fsp3) is 0.409. The zero-order chi connectivity index (χ0) is 44.9. The second kappa shape index (κ2) is 18.8. The summed E-state index contributed by atoms with van der Waals surface area (Å²) in [5, 5.41) is 29.2. The number of nitrogens with one attached hydrogen (secondary N) is 3. The number of nitrogens with zero attached hydrogens (tertiary/aromatic N) is 3. The summed E-state index contributed by atoms with van der Waals surface area (Å²) in [7, 11) is 0. The number of guanidine groups is 1. The van der Waals surface area contributed by atoms with E-state index in [-0.39, 0.29) is 80.6 Å². The van der Waals surface area contributed by atoms with Crippen LogP contribution < -0.4 is 37.7 Å². The van der Waals surface area contributed by atoms with Crippen molar-refractivity contribution in [2.75, 3.05) is 11.9 Å². The summed E-state index contributed by atoms with van der Waals surface area (Å²) in [6, 6.07) is 12.3. The molecule has 0 spiro atoms. The van der Waals surface area contributed by atoms with Gasteiger partial charge in [-0.3, -0.25) is 29.0 Å². The Hall–Kier alpha value is -6.82. The number of benzene rings is 2. The summed E-state index contributed by atoms with van der Waals surface area (Å²) < 4.78 is 13.0. The van der Waals surface area contributed by atoms with Crippen LogP contribution in [0.3, 0.4) is 0 Å². The zero-order valence-corrected chi connectivity index (χ0v) is 35.1. The van der Waals surface area contributed by atoms with Crippen molar-refractivity contribution in [3.05, 3.63) is 86.7 Å². The number of cyclic esters (lactones) is 1. The Kier molecular flexibility index (Phi) is 13.6. The van der Waals surface area contributed by atoms with Gasteiger partial charge in [0.25, 0.3) is 5.56 Å². The number of carbonyl (C=O) groups is 5. The first-order valence-corrected chi connectivity index (χ1v) is 20.6. The molecule has 0 saturated carbocycles. The van der Waals surface area contributed by atoms with E-state index in [4.69, 9.17) is 31.0 Å². The molecule has 328 valence electrons. The average Bonchev–Trinajstić information content (AvgIpc) is 3.61. The summed E-state index contributed by atoms with van der Waals surface area (Å²) >= 11 is 0. The van der Waals surface area contributed by atoms with Crippen molar-refractivity contribution < 1.29 is 43.7 Å². The lowest BCUT2D eigenvalue weighted by molar-refractivity contribution is -0.172. The number of nitrogens with two attached hydrogens (primary N) is 2. The number of fused-ring (bicyclic) bond motifs is 5. The lowest BCUT2D eigenvalue weighted by atomic mass is 9.86. The minimum Gasteiger partial charge on any atom is -0.489 e. The summed E-state index contributed by atoms with van der Waals surface area (Å²) in [6.45, 7) is 7.63. The van der Waals surface area contributed by atoms with Gasteiger partial charge in [-0.1, -0.05) is 39.8 Å². The minimum absolute atomic E-state index is 0.0545. The molecule has 0 fully saturated rings. The predicted molar refractivity (Wildman–Crippen MR) is 229 cm³/mol. The van der Waals surface area contributed by atoms with E-state index >= 15 is 0 Å². The predicted octanol–water partition coefficient (Wildman–Crippen LogP) is 2.70. The molecule has 18 heteroatoms. The smallest absolute Gasteiger partial charge is 0.343 e. The molecule has 0 bridgehead atoms. The van der Waals surface area contributed by atoms with Crippen LogP contribution in [-0.2, 0) is 60.5 Å². The summed E-state index contributed by atoms with van der Waals surface area (Å²) in [5.74, 6) is -3.50. The Morgan fingerprint density at radius 2 is 1.74 bits per heavy atom. The van der Waals surface area contributed by atoms with Crippen LogP contribution >= 0.6 is 0 Å². The van der Waals surface area contributed by atoms with Gasteiger partial charge < -0.3 is 51.7 Å². The SMILES string of the molecule is CCc1c2c(nc3ccc(OCc4ccc(NC(=O)[C@H](CCCN=C(N)N)NC(=O)[C@@H](NC(=O)CCC(=O)O)C(C)C)cc4)cc13)-c1cc3c(c(=O)n1C2)COC(=O)[C@]3(O)CC. The molecular formula is C44H52N8O10. The number of carboxylic acid groups (broad SMARTS) is 1. The van der Waals surface area contributed by atoms with Gasteiger partial charge in [-0.15, -0.1) is 0 Å². The molecule has 0 aliphatic carbocycles. The molecule has 0 unspecified atom stereocenters. The van der Waals surface area contributed by atoms with E-state index in [1.807, 2.05) is 25.1 Å². The summed E-state index contributed by atoms with van der Waals surface area (Å²) in [5.41, 5.74) is 14.2. The molecule has 6 rings (SSSR count). The Morgan fingerprint density at radius 3 is 2.40 bits per heavy atom. The second-order valence-corrected chi connectivity index (χ2v) is 15.7. The van der Waals surface area contributed by atoms with Gasteiger partial charge in [0.1, 0.15) is 31.0 Å². The summed E-state index contributed by atoms with van der Waals surface area (Å²) in [4.78, 5) is 85.4. The number of aliphatic carboxylic acids is 1. The Morgan fingerprint density at radius 1 is 1.00 bits per heavy atom. The number of aryl methyl sites for hydroxylation is 1. The molecule has 0 saturated heterocycles. The molecule has 2 aromatic carbocycles. The number of aliphatic hydroxyl groups is 1. The van der Waals surface area contributed by atoms with E-state index in [2.05, 4.69) is 20.9 Å². The largest absolute Gasteiger partial charge is 0.489 e. The first kappa shape index (κ1) is 44.7. The van der Waals surface area contributed by atoms with Crippen LogP contribution in [0, 0.1) is 5.92 Å². The van der Waals surface area contributed by atoms with Crippen LogP contribution in [-0.4, -0.2) is 74.0 Å². The zero-order valence-electron chi connectivity index (χ0n) is 35.1. The van der Waals surface area contributed by atoms with E-state index in [9.17, 15) is 33.9 Å². The standard InChI is InChI=1S/C44H52N8O10/c1-5-27-28-18-26(13-14-32(28)49-38-29(27)20-52-34(38)19-31-30(41(52)58)22-62-42(59)44(31,60)6-2)61-21-24-9-11-25(12-10-24)48-39(56)33(8-7-17-47-43(45)46)50-40(57)37(23(3)4)51-35(53)15-16-36(54)55/h9-14,18-19,23,33,37,60H,5-8,15-17,20-22H2,1-4H3,(H,48,56)(H,50,57)(H,51,53)(H,54,55)(H4,45,46,47)/t33-,37-,44-/m0/s1. The van der Waals surface area contributed by atoms with Gasteiger partial charge in [-0.2, -0.15) is 0 Å². The van der Waals surface area contributed by atoms with E-state index in [0.29, 0.717) is 41.2 Å². The monoisotopic (exact) mass is 852 g/mol. The van der Waals surface area contributed by atoms with Crippen LogP contribution in [0.25, 0.3) is 22.3 Å². The number of aliphatic imine (C=N–C) groups is 1. The molecule has 2 aliphatic rings. The molecule has 2 aromatic heterocycles. The third-order valence-corrected chi connectivity index (χ3v) is 11.2. The van der Waals surface area contributed by atoms with Gasteiger partial charge in [-0.25, -0.2) is 9.78 Å². The molecule has 3 amide bonds. The number of amides is 3. The van der Waals surface area contributed by atoms with Gasteiger partial charge in [0.05, 0.1) is 35.4 Å². The van der Waals surface area contributed by atoms with E-state index < -0.39 is 47.3 Å². The van der Waals surface area contributed by atoms with Crippen molar-refractivity contribution in [3.8, 4) is 17.1 Å². The van der Waals surface area contributed by atoms with Crippen molar-refractivity contribution in [1.29, 1.82) is 0 Å². The highest BCUT2D eigenvalue weighted by Gasteiger charge is 2.45. The lowest BCUT2D eigenvalue weighted by Gasteiger charge is -2.31. The molecule has 18 nitrogen and oxygen atoms in total. The number of esters is 1. The van der Waals surface area contributed by atoms with Gasteiger partial charge in [-0.05, 0) is 79.1 Å². The van der Waals surface area contributed by atoms with Crippen LogP contribution in [0.15, 0.2) is 58.3 Å². The normalized spacial score (nSPS) is 16.0. The van der Waals surface area contributed by atoms with Crippen LogP contribution in [0.4, 0.5) is 5.69 Å². The maximum atomic E-state index is 13.7. The minimum atomic E-state index is -1.91. The number of rotatable bonds is 18. The van der Waals surface area contributed by atoms with Crippen molar-refractivity contribution >= 4 is 52.2 Å². The van der Waals surface area contributed by atoms with Crippen LogP contribution in [0.2, 0.25) is 0 Å². The second-order valence-electron chi connectivity index (χ2n) is 15.7. The number of aromatic nitrogens is 2. The number of carboxylic acids is 1. The Balaban J connectivity index is 1.14. The number of carbonyl (C=O) groups excluding carboxylic acids is 4. The first-order valence-electron chi connectivity index (χ1n) is 20.6. The van der Waals surface area contributed by atoms with Crippen molar-refractivity contribution in [2.45, 2.75) is 104 Å². The van der Waals surface area contributed by atoms with Gasteiger partial charge >= 0.3 is 11.9 Å². The molecular weight excluding hydrogens is 801 g/mol. The maximum Gasteiger partial charge on any atom is 0.343 e. The van der Waals surface area contributed by atoms with Crippen molar-refractivity contribution in [3.63, 3.8) is 0 Å². The van der Waals surface area contributed by atoms with Crippen LogP contribution in [0.5, 0.6) is 5.75 Å². The molecule has 4 aromatic rings. The molecule has 4 heterocycles. The van der Waals surface area contributed by atoms with Gasteiger partial charge in [0, 0.05) is 35.2 Å². The van der Waals surface area contributed by atoms with E-state index in [0.717, 1.165) is 22.1 Å². The highest BCUT2D eigenvalue weighted by atomic mass is 16.6. The topological polar surface area (TPSA) is 280 Å². The maximum absolute atomic E-state index is 13.7. The lowest BCUT2D eigenvalue weighted by Crippen LogP contribution is -2.54. The molecule has 62 heavy (non-hydrogen) atoms. The molecule has 0 radical (unpaired) electrons. The number of pyridine rings is 2. The van der Waals surface area contributed by atoms with E-state index in [1.165, 1.54) is 0 Å². The fourth-order valence-corrected chi connectivity index (χ4v) is 7.75. The molecule has 3 atom stereocenters. The molecule has 9 N–H and O–H groups in total. The van der Waals surface area contributed by atoms with Crippen molar-refractivity contribution in [1.82, 2.24) is 20.2 Å². The Bertz CT molecular complexity index is 2500. The number of anilines is 1. The molecule has 2 aliphatic heterocycles.